The van der Waals surface area contributed by atoms with Crippen molar-refractivity contribution in [3.8, 4) is 11.8 Å². The Kier molecular flexibility index (Phi) is 5.50. The Morgan fingerprint density at radius 3 is 2.87 bits per heavy atom. The van der Waals surface area contributed by atoms with Crippen molar-refractivity contribution in [2.45, 2.75) is 12.6 Å². The van der Waals surface area contributed by atoms with Gasteiger partial charge in [0.1, 0.15) is 0 Å². The molecular weight excluding hydrogens is 309 g/mol. The Bertz CT molecular complexity index is 620. The Balaban J connectivity index is 1.85. The highest BCUT2D eigenvalue weighted by Gasteiger charge is 2.30. The first kappa shape index (κ1) is 17.2. The standard InChI is InChI=1S/C16H17F3N2O2/c17-16(18,19)14-5-1-3-12(9-14)4-2-7-20-15(23)21-8-6-13(10-21)11-22/h1,3,5,9,13,22H,6-8,10-11H2,(H,20,23). The molecule has 0 spiro atoms. The lowest BCUT2D eigenvalue weighted by Crippen LogP contribution is -2.38. The molecule has 2 rings (SSSR count). The van der Waals surface area contributed by atoms with E-state index in [9.17, 15) is 18.0 Å². The van der Waals surface area contributed by atoms with E-state index < -0.39 is 11.7 Å². The van der Waals surface area contributed by atoms with E-state index in [1.165, 1.54) is 12.1 Å². The highest BCUT2D eigenvalue weighted by Crippen LogP contribution is 2.29. The number of rotatable bonds is 2. The van der Waals surface area contributed by atoms with Gasteiger partial charge in [-0.05, 0) is 24.6 Å². The second-order valence-corrected chi connectivity index (χ2v) is 5.32. The van der Waals surface area contributed by atoms with Crippen LogP contribution in [0.5, 0.6) is 0 Å². The van der Waals surface area contributed by atoms with Crippen LogP contribution in [0.1, 0.15) is 17.5 Å². The van der Waals surface area contributed by atoms with Gasteiger partial charge in [-0.2, -0.15) is 13.2 Å². The third kappa shape index (κ3) is 4.89. The molecule has 23 heavy (non-hydrogen) atoms. The minimum atomic E-state index is -4.40. The second kappa shape index (κ2) is 7.38. The Morgan fingerprint density at radius 1 is 1.43 bits per heavy atom. The molecule has 124 valence electrons. The van der Waals surface area contributed by atoms with Crippen molar-refractivity contribution in [2.75, 3.05) is 26.2 Å². The summed E-state index contributed by atoms with van der Waals surface area (Å²) in [5.41, 5.74) is -0.504. The molecule has 1 unspecified atom stereocenters. The van der Waals surface area contributed by atoms with Crippen LogP contribution >= 0.6 is 0 Å². The van der Waals surface area contributed by atoms with Crippen LogP contribution in [0.25, 0.3) is 0 Å². The number of alkyl halides is 3. The first-order valence-electron chi connectivity index (χ1n) is 7.20. The van der Waals surface area contributed by atoms with Crippen LogP contribution in [0.2, 0.25) is 0 Å². The van der Waals surface area contributed by atoms with Gasteiger partial charge >= 0.3 is 12.2 Å². The summed E-state index contributed by atoms with van der Waals surface area (Å²) in [7, 11) is 0. The van der Waals surface area contributed by atoms with Gasteiger partial charge < -0.3 is 15.3 Å². The predicted octanol–water partition coefficient (Wildman–Crippen LogP) is 2.08. The molecule has 1 aromatic rings. The molecule has 1 atom stereocenters. The van der Waals surface area contributed by atoms with Crippen LogP contribution in [-0.2, 0) is 6.18 Å². The normalized spacial score (nSPS) is 17.6. The highest BCUT2D eigenvalue weighted by atomic mass is 19.4. The van der Waals surface area contributed by atoms with Crippen molar-refractivity contribution in [3.05, 3.63) is 35.4 Å². The second-order valence-electron chi connectivity index (χ2n) is 5.32. The summed E-state index contributed by atoms with van der Waals surface area (Å²) < 4.78 is 37.7. The SMILES string of the molecule is O=C(NCC#Cc1cccc(C(F)(F)F)c1)N1CCC(CO)C1. The molecule has 2 N–H and O–H groups in total. The Morgan fingerprint density at radius 2 is 2.22 bits per heavy atom. The summed E-state index contributed by atoms with van der Waals surface area (Å²) in [5, 5.41) is 11.6. The summed E-state index contributed by atoms with van der Waals surface area (Å²) in [6, 6.07) is 4.46. The molecule has 0 aliphatic carbocycles. The monoisotopic (exact) mass is 326 g/mol. The molecule has 1 fully saturated rings. The largest absolute Gasteiger partial charge is 0.416 e. The number of carbonyl (C=O) groups is 1. The molecule has 1 aliphatic rings. The summed E-state index contributed by atoms with van der Waals surface area (Å²) >= 11 is 0. The summed E-state index contributed by atoms with van der Waals surface area (Å²) in [6.07, 6.45) is -3.63. The number of amides is 2. The molecule has 2 amide bonds. The maximum atomic E-state index is 12.6. The number of hydrogen-bond acceptors (Lipinski definition) is 2. The van der Waals surface area contributed by atoms with Crippen LogP contribution in [0.3, 0.4) is 0 Å². The van der Waals surface area contributed by atoms with Crippen LogP contribution in [0.4, 0.5) is 18.0 Å². The van der Waals surface area contributed by atoms with Gasteiger partial charge in [0, 0.05) is 31.2 Å². The van der Waals surface area contributed by atoms with E-state index in [2.05, 4.69) is 17.2 Å². The zero-order valence-electron chi connectivity index (χ0n) is 12.4. The number of nitrogens with one attached hydrogen (secondary N) is 1. The van der Waals surface area contributed by atoms with Crippen molar-refractivity contribution < 1.29 is 23.1 Å². The zero-order chi connectivity index (χ0) is 16.9. The van der Waals surface area contributed by atoms with Gasteiger partial charge in [0.25, 0.3) is 0 Å². The lowest BCUT2D eigenvalue weighted by atomic mass is 10.1. The van der Waals surface area contributed by atoms with E-state index in [1.54, 1.807) is 4.90 Å². The summed E-state index contributed by atoms with van der Waals surface area (Å²) in [5.74, 6) is 5.34. The molecular formula is C16H17F3N2O2. The maximum absolute atomic E-state index is 12.6. The number of carbonyl (C=O) groups excluding carboxylic acids is 1. The van der Waals surface area contributed by atoms with E-state index >= 15 is 0 Å². The molecule has 1 saturated heterocycles. The fourth-order valence-corrected chi connectivity index (χ4v) is 2.32. The van der Waals surface area contributed by atoms with Crippen molar-refractivity contribution >= 4 is 6.03 Å². The van der Waals surface area contributed by atoms with Crippen molar-refractivity contribution in [1.29, 1.82) is 0 Å². The molecule has 0 aromatic heterocycles. The van der Waals surface area contributed by atoms with Crippen LogP contribution in [0, 0.1) is 17.8 Å². The molecule has 0 radical (unpaired) electrons. The van der Waals surface area contributed by atoms with Gasteiger partial charge in [-0.3, -0.25) is 0 Å². The van der Waals surface area contributed by atoms with Crippen LogP contribution in [0.15, 0.2) is 24.3 Å². The van der Waals surface area contributed by atoms with Crippen LogP contribution in [-0.4, -0.2) is 42.3 Å². The predicted molar refractivity (Wildman–Crippen MR) is 78.5 cm³/mol. The first-order chi connectivity index (χ1) is 10.9. The van der Waals surface area contributed by atoms with Crippen LogP contribution < -0.4 is 5.32 Å². The van der Waals surface area contributed by atoms with Gasteiger partial charge in [0.15, 0.2) is 0 Å². The molecule has 4 nitrogen and oxygen atoms in total. The van der Waals surface area contributed by atoms with Crippen molar-refractivity contribution in [1.82, 2.24) is 10.2 Å². The van der Waals surface area contributed by atoms with E-state index in [1.807, 2.05) is 0 Å². The number of likely N-dealkylation sites (tertiary alicyclic amines) is 1. The number of aliphatic hydroxyl groups excluding tert-OH is 1. The smallest absolute Gasteiger partial charge is 0.396 e. The topological polar surface area (TPSA) is 52.6 Å². The molecule has 0 bridgehead atoms. The van der Waals surface area contributed by atoms with Gasteiger partial charge in [0.05, 0.1) is 12.1 Å². The number of hydrogen-bond donors (Lipinski definition) is 2. The molecule has 0 saturated carbocycles. The minimum Gasteiger partial charge on any atom is -0.396 e. The third-order valence-electron chi connectivity index (χ3n) is 3.58. The Hall–Kier alpha value is -2.20. The van der Waals surface area contributed by atoms with Gasteiger partial charge in [0.2, 0.25) is 0 Å². The number of urea groups is 1. The first-order valence-corrected chi connectivity index (χ1v) is 7.20. The van der Waals surface area contributed by atoms with E-state index in [0.29, 0.717) is 13.1 Å². The molecule has 1 aliphatic heterocycles. The number of halogens is 3. The fraction of sp³-hybridized carbons (Fsp3) is 0.438. The number of nitrogens with zero attached hydrogens (tertiary/aromatic N) is 1. The summed E-state index contributed by atoms with van der Waals surface area (Å²) in [6.45, 7) is 1.19. The van der Waals surface area contributed by atoms with Crippen molar-refractivity contribution in [3.63, 3.8) is 0 Å². The van der Waals surface area contributed by atoms with Gasteiger partial charge in [-0.1, -0.05) is 17.9 Å². The quantitative estimate of drug-likeness (QED) is 0.818. The fourth-order valence-electron chi connectivity index (χ4n) is 2.32. The summed E-state index contributed by atoms with van der Waals surface area (Å²) in [4.78, 5) is 13.4. The third-order valence-corrected chi connectivity index (χ3v) is 3.58. The molecule has 7 heteroatoms. The number of aliphatic hydroxyl groups is 1. The average molecular weight is 326 g/mol. The van der Waals surface area contributed by atoms with E-state index in [4.69, 9.17) is 5.11 Å². The lowest BCUT2D eigenvalue weighted by molar-refractivity contribution is -0.137. The molecule has 1 heterocycles. The minimum absolute atomic E-state index is 0.0510. The van der Waals surface area contributed by atoms with Crippen molar-refractivity contribution in [2.24, 2.45) is 5.92 Å². The average Bonchev–Trinajstić information content (AvgIpc) is 3.00. The number of benzene rings is 1. The highest BCUT2D eigenvalue weighted by molar-refractivity contribution is 5.74. The Labute approximate surface area is 132 Å². The lowest BCUT2D eigenvalue weighted by Gasteiger charge is -2.15. The molecule has 1 aromatic carbocycles. The van der Waals surface area contributed by atoms with Gasteiger partial charge in [-0.25, -0.2) is 4.79 Å². The van der Waals surface area contributed by atoms with E-state index in [-0.39, 0.29) is 30.7 Å². The zero-order valence-corrected chi connectivity index (χ0v) is 12.4. The van der Waals surface area contributed by atoms with E-state index in [0.717, 1.165) is 18.6 Å². The van der Waals surface area contributed by atoms with Gasteiger partial charge in [-0.15, -0.1) is 0 Å². The maximum Gasteiger partial charge on any atom is 0.416 e.